The van der Waals surface area contributed by atoms with Crippen LogP contribution in [0, 0.1) is 17.8 Å². The molecule has 0 amide bonds. The molecule has 0 aromatic carbocycles. The SMILES string of the molecule is C[C@H]1C[C@@H]2CN(C(C)(C)C)C[C@@H]2C1. The van der Waals surface area contributed by atoms with Gasteiger partial charge >= 0.3 is 0 Å². The lowest BCUT2D eigenvalue weighted by molar-refractivity contribution is 0.158. The third-order valence-corrected chi connectivity index (χ3v) is 3.94. The van der Waals surface area contributed by atoms with Crippen LogP contribution >= 0.6 is 0 Å². The second kappa shape index (κ2) is 2.98. The van der Waals surface area contributed by atoms with Gasteiger partial charge in [-0.15, -0.1) is 0 Å². The summed E-state index contributed by atoms with van der Waals surface area (Å²) in [4.78, 5) is 2.67. The van der Waals surface area contributed by atoms with Gasteiger partial charge in [0.2, 0.25) is 0 Å². The average Bonchev–Trinajstić information content (AvgIpc) is 2.40. The Bertz CT molecular complexity index is 178. The number of hydrogen-bond donors (Lipinski definition) is 0. The number of hydrogen-bond acceptors (Lipinski definition) is 1. The van der Waals surface area contributed by atoms with Crippen LogP contribution in [-0.4, -0.2) is 23.5 Å². The van der Waals surface area contributed by atoms with Crippen LogP contribution in [0.15, 0.2) is 0 Å². The highest BCUT2D eigenvalue weighted by Crippen LogP contribution is 2.42. The normalized spacial score (nSPS) is 41.1. The van der Waals surface area contributed by atoms with Crippen molar-refractivity contribution in [2.75, 3.05) is 13.1 Å². The molecule has 1 heteroatoms. The van der Waals surface area contributed by atoms with Crippen molar-refractivity contribution in [3.8, 4) is 0 Å². The first-order valence-corrected chi connectivity index (χ1v) is 5.72. The maximum atomic E-state index is 2.67. The molecule has 1 saturated carbocycles. The summed E-state index contributed by atoms with van der Waals surface area (Å²) in [6.45, 7) is 12.2. The van der Waals surface area contributed by atoms with E-state index in [-0.39, 0.29) is 0 Å². The van der Waals surface area contributed by atoms with Gasteiger partial charge in [0.25, 0.3) is 0 Å². The van der Waals surface area contributed by atoms with E-state index in [2.05, 4.69) is 32.6 Å². The second-order valence-electron chi connectivity index (χ2n) is 6.17. The molecule has 0 N–H and O–H groups in total. The second-order valence-corrected chi connectivity index (χ2v) is 6.17. The first-order chi connectivity index (χ1) is 5.97. The maximum absolute atomic E-state index is 2.67. The Labute approximate surface area is 82.5 Å². The van der Waals surface area contributed by atoms with Crippen LogP contribution in [0.2, 0.25) is 0 Å². The smallest absolute Gasteiger partial charge is 0.0125 e. The van der Waals surface area contributed by atoms with Gasteiger partial charge in [0, 0.05) is 18.6 Å². The lowest BCUT2D eigenvalue weighted by Gasteiger charge is -2.32. The van der Waals surface area contributed by atoms with Crippen molar-refractivity contribution in [3.63, 3.8) is 0 Å². The van der Waals surface area contributed by atoms with Crippen molar-refractivity contribution in [2.45, 2.75) is 46.1 Å². The molecule has 2 rings (SSSR count). The van der Waals surface area contributed by atoms with Gasteiger partial charge in [0.05, 0.1) is 0 Å². The number of likely N-dealkylation sites (tertiary alicyclic amines) is 1. The van der Waals surface area contributed by atoms with Crippen molar-refractivity contribution in [1.29, 1.82) is 0 Å². The molecular weight excluding hydrogens is 158 g/mol. The molecule has 1 nitrogen and oxygen atoms in total. The van der Waals surface area contributed by atoms with Crippen LogP contribution in [0.3, 0.4) is 0 Å². The average molecular weight is 181 g/mol. The Hall–Kier alpha value is -0.0400. The van der Waals surface area contributed by atoms with Crippen molar-refractivity contribution in [1.82, 2.24) is 4.90 Å². The molecule has 0 aromatic heterocycles. The minimum atomic E-state index is 0.396. The van der Waals surface area contributed by atoms with E-state index in [1.165, 1.54) is 25.9 Å². The molecule has 3 atom stereocenters. The molecule has 0 spiro atoms. The van der Waals surface area contributed by atoms with Gasteiger partial charge in [-0.1, -0.05) is 6.92 Å². The predicted octanol–water partition coefficient (Wildman–Crippen LogP) is 2.76. The summed E-state index contributed by atoms with van der Waals surface area (Å²) in [7, 11) is 0. The van der Waals surface area contributed by atoms with Gasteiger partial charge in [-0.25, -0.2) is 0 Å². The Balaban J connectivity index is 1.98. The molecule has 13 heavy (non-hydrogen) atoms. The molecule has 2 aliphatic rings. The minimum Gasteiger partial charge on any atom is -0.298 e. The first kappa shape index (κ1) is 9.51. The maximum Gasteiger partial charge on any atom is 0.0125 e. The van der Waals surface area contributed by atoms with Crippen LogP contribution in [-0.2, 0) is 0 Å². The zero-order valence-electron chi connectivity index (χ0n) is 9.51. The van der Waals surface area contributed by atoms with E-state index < -0.39 is 0 Å². The summed E-state index contributed by atoms with van der Waals surface area (Å²) in [6.07, 6.45) is 2.97. The van der Waals surface area contributed by atoms with Crippen molar-refractivity contribution in [2.24, 2.45) is 17.8 Å². The zero-order chi connectivity index (χ0) is 9.64. The van der Waals surface area contributed by atoms with Gasteiger partial charge in [0.15, 0.2) is 0 Å². The fourth-order valence-corrected chi connectivity index (χ4v) is 3.15. The van der Waals surface area contributed by atoms with Crippen LogP contribution in [0.1, 0.15) is 40.5 Å². The largest absolute Gasteiger partial charge is 0.298 e. The fraction of sp³-hybridized carbons (Fsp3) is 1.00. The van der Waals surface area contributed by atoms with E-state index in [9.17, 15) is 0 Å². The molecular formula is C12H23N. The Morgan fingerprint density at radius 3 is 1.85 bits per heavy atom. The third kappa shape index (κ3) is 1.76. The Morgan fingerprint density at radius 2 is 1.46 bits per heavy atom. The third-order valence-electron chi connectivity index (χ3n) is 3.94. The van der Waals surface area contributed by atoms with Gasteiger partial charge in [0.1, 0.15) is 0 Å². The summed E-state index contributed by atoms with van der Waals surface area (Å²) < 4.78 is 0. The predicted molar refractivity (Wildman–Crippen MR) is 56.7 cm³/mol. The summed E-state index contributed by atoms with van der Waals surface area (Å²) in [5.74, 6) is 3.04. The van der Waals surface area contributed by atoms with E-state index in [4.69, 9.17) is 0 Å². The monoisotopic (exact) mass is 181 g/mol. The molecule has 1 heterocycles. The number of fused-ring (bicyclic) bond motifs is 1. The van der Waals surface area contributed by atoms with Gasteiger partial charge < -0.3 is 0 Å². The fourth-order valence-electron chi connectivity index (χ4n) is 3.15. The van der Waals surface area contributed by atoms with Gasteiger partial charge in [-0.05, 0) is 51.4 Å². The van der Waals surface area contributed by atoms with E-state index >= 15 is 0 Å². The standard InChI is InChI=1S/C12H23N/c1-9-5-10-7-13(12(2,3)4)8-11(10)6-9/h9-11H,5-8H2,1-4H3/t9-,10+,11-. The summed E-state index contributed by atoms with van der Waals surface area (Å²) in [6, 6.07) is 0. The lowest BCUT2D eigenvalue weighted by Crippen LogP contribution is -2.40. The van der Waals surface area contributed by atoms with Crippen LogP contribution in [0.4, 0.5) is 0 Å². The van der Waals surface area contributed by atoms with Crippen molar-refractivity contribution in [3.05, 3.63) is 0 Å². The molecule has 0 bridgehead atoms. The molecule has 0 aromatic rings. The van der Waals surface area contributed by atoms with Gasteiger partial charge in [-0.3, -0.25) is 4.90 Å². The lowest BCUT2D eigenvalue weighted by atomic mass is 10.0. The molecule has 1 aliphatic heterocycles. The first-order valence-electron chi connectivity index (χ1n) is 5.72. The summed E-state index contributed by atoms with van der Waals surface area (Å²) in [5.41, 5.74) is 0.396. The zero-order valence-corrected chi connectivity index (χ0v) is 9.51. The van der Waals surface area contributed by atoms with Crippen molar-refractivity contribution >= 4 is 0 Å². The highest BCUT2D eigenvalue weighted by Gasteiger charge is 2.42. The Kier molecular flexibility index (Phi) is 2.18. The quantitative estimate of drug-likeness (QED) is 0.555. The van der Waals surface area contributed by atoms with E-state index in [1.807, 2.05) is 0 Å². The van der Waals surface area contributed by atoms with Crippen LogP contribution < -0.4 is 0 Å². The molecule has 1 aliphatic carbocycles. The highest BCUT2D eigenvalue weighted by atomic mass is 15.2. The molecule has 1 saturated heterocycles. The van der Waals surface area contributed by atoms with E-state index in [0.717, 1.165) is 17.8 Å². The van der Waals surface area contributed by atoms with Crippen LogP contribution in [0.5, 0.6) is 0 Å². The summed E-state index contributed by atoms with van der Waals surface area (Å²) in [5, 5.41) is 0. The molecule has 76 valence electrons. The minimum absolute atomic E-state index is 0.396. The topological polar surface area (TPSA) is 3.24 Å². The summed E-state index contributed by atoms with van der Waals surface area (Å²) >= 11 is 0. The van der Waals surface area contributed by atoms with Crippen molar-refractivity contribution < 1.29 is 0 Å². The van der Waals surface area contributed by atoms with E-state index in [1.54, 1.807) is 0 Å². The highest BCUT2D eigenvalue weighted by molar-refractivity contribution is 4.94. The molecule has 2 fully saturated rings. The van der Waals surface area contributed by atoms with E-state index in [0.29, 0.717) is 5.54 Å². The number of nitrogens with zero attached hydrogens (tertiary/aromatic N) is 1. The van der Waals surface area contributed by atoms with Crippen LogP contribution in [0.25, 0.3) is 0 Å². The number of rotatable bonds is 0. The Morgan fingerprint density at radius 1 is 1.00 bits per heavy atom. The molecule has 0 radical (unpaired) electrons. The molecule has 0 unspecified atom stereocenters. The van der Waals surface area contributed by atoms with Gasteiger partial charge in [-0.2, -0.15) is 0 Å².